The third-order valence-electron chi connectivity index (χ3n) is 2.15. The van der Waals surface area contributed by atoms with E-state index in [1.807, 2.05) is 37.3 Å². The predicted octanol–water partition coefficient (Wildman–Crippen LogP) is 1.34. The molecule has 0 spiro atoms. The van der Waals surface area contributed by atoms with Gasteiger partial charge in [0.1, 0.15) is 0 Å². The second-order valence-corrected chi connectivity index (χ2v) is 5.27. The van der Waals surface area contributed by atoms with Crippen molar-refractivity contribution in [2.24, 2.45) is 0 Å². The summed E-state index contributed by atoms with van der Waals surface area (Å²) in [5.74, 6) is 0.154. The van der Waals surface area contributed by atoms with Crippen LogP contribution in [-0.4, -0.2) is 21.2 Å². The number of benzene rings is 1. The van der Waals surface area contributed by atoms with Crippen LogP contribution in [0.3, 0.4) is 0 Å². The fourth-order valence-corrected chi connectivity index (χ4v) is 2.31. The number of hydrogen-bond donors (Lipinski definition) is 1. The zero-order valence-corrected chi connectivity index (χ0v) is 9.21. The van der Waals surface area contributed by atoms with Gasteiger partial charge >= 0.3 is 0 Å². The zero-order chi connectivity index (χ0) is 10.6. The Kier molecular flexibility index (Phi) is 3.66. The Bertz CT molecular complexity index is 372. The molecule has 1 unspecified atom stereocenters. The number of sulfonamides is 1. The van der Waals surface area contributed by atoms with E-state index >= 15 is 0 Å². The van der Waals surface area contributed by atoms with Crippen LogP contribution in [0.15, 0.2) is 30.3 Å². The van der Waals surface area contributed by atoms with Crippen molar-refractivity contribution in [1.82, 2.24) is 4.72 Å². The van der Waals surface area contributed by atoms with Crippen LogP contribution in [0.25, 0.3) is 0 Å². The summed E-state index contributed by atoms with van der Waals surface area (Å²) in [6, 6.07) is 9.63. The highest BCUT2D eigenvalue weighted by Crippen LogP contribution is 2.15. The molecule has 0 heterocycles. The van der Waals surface area contributed by atoms with E-state index in [2.05, 4.69) is 4.72 Å². The summed E-state index contributed by atoms with van der Waals surface area (Å²) in [7, 11) is -1.68. The highest BCUT2D eigenvalue weighted by molar-refractivity contribution is 7.89. The fraction of sp³-hybridized carbons (Fsp3) is 0.400. The highest BCUT2D eigenvalue weighted by atomic mass is 32.2. The molecule has 3 nitrogen and oxygen atoms in total. The number of hydrogen-bond acceptors (Lipinski definition) is 2. The van der Waals surface area contributed by atoms with Crippen LogP contribution in [0.4, 0.5) is 0 Å². The van der Waals surface area contributed by atoms with Crippen molar-refractivity contribution in [3.63, 3.8) is 0 Å². The minimum Gasteiger partial charge on any atom is -0.218 e. The van der Waals surface area contributed by atoms with Crippen molar-refractivity contribution in [1.29, 1.82) is 0 Å². The van der Waals surface area contributed by atoms with Gasteiger partial charge in [-0.2, -0.15) is 0 Å². The molecule has 1 aromatic carbocycles. The molecular formula is C10H15NO2S. The molecule has 4 heteroatoms. The highest BCUT2D eigenvalue weighted by Gasteiger charge is 2.14. The summed E-state index contributed by atoms with van der Waals surface area (Å²) in [5, 5.41) is 0. The maximum absolute atomic E-state index is 11.3. The molecule has 0 amide bonds. The molecule has 0 saturated heterocycles. The van der Waals surface area contributed by atoms with Crippen molar-refractivity contribution in [2.75, 3.05) is 12.8 Å². The molecule has 0 aliphatic carbocycles. The third kappa shape index (κ3) is 3.12. The smallest absolute Gasteiger partial charge is 0.211 e. The Morgan fingerprint density at radius 2 is 1.86 bits per heavy atom. The molecule has 78 valence electrons. The van der Waals surface area contributed by atoms with E-state index in [1.54, 1.807) is 0 Å². The van der Waals surface area contributed by atoms with Crippen LogP contribution in [0.2, 0.25) is 0 Å². The molecule has 0 aromatic heterocycles. The molecule has 0 saturated carbocycles. The van der Waals surface area contributed by atoms with E-state index in [0.29, 0.717) is 0 Å². The molecule has 0 aliphatic rings. The van der Waals surface area contributed by atoms with E-state index in [4.69, 9.17) is 0 Å². The quantitative estimate of drug-likeness (QED) is 0.820. The van der Waals surface area contributed by atoms with Crippen LogP contribution in [0.1, 0.15) is 18.4 Å². The van der Waals surface area contributed by atoms with Gasteiger partial charge in [-0.05, 0) is 18.5 Å². The lowest BCUT2D eigenvalue weighted by Gasteiger charge is -2.11. The summed E-state index contributed by atoms with van der Waals surface area (Å²) in [6.07, 6.45) is 0. The zero-order valence-electron chi connectivity index (χ0n) is 8.40. The van der Waals surface area contributed by atoms with Gasteiger partial charge in [0.2, 0.25) is 10.0 Å². The molecule has 14 heavy (non-hydrogen) atoms. The summed E-state index contributed by atoms with van der Waals surface area (Å²) < 4.78 is 24.9. The Morgan fingerprint density at radius 3 is 2.36 bits per heavy atom. The second kappa shape index (κ2) is 4.57. The van der Waals surface area contributed by atoms with Crippen LogP contribution in [-0.2, 0) is 10.0 Å². The van der Waals surface area contributed by atoms with Crippen molar-refractivity contribution in [3.8, 4) is 0 Å². The summed E-state index contributed by atoms with van der Waals surface area (Å²) in [4.78, 5) is 0. The topological polar surface area (TPSA) is 46.2 Å². The van der Waals surface area contributed by atoms with Gasteiger partial charge in [-0.25, -0.2) is 13.1 Å². The fourth-order valence-electron chi connectivity index (χ4n) is 1.29. The number of nitrogens with one attached hydrogen (secondary N) is 1. The molecule has 0 bridgehead atoms. The molecule has 1 aromatic rings. The summed E-state index contributed by atoms with van der Waals surface area (Å²) in [5.41, 5.74) is 1.05. The van der Waals surface area contributed by atoms with Crippen molar-refractivity contribution >= 4 is 10.0 Å². The maximum Gasteiger partial charge on any atom is 0.211 e. The molecule has 1 N–H and O–H groups in total. The standard InChI is InChI=1S/C10H15NO2S/c1-9(8-14(12,13)11-2)10-6-4-3-5-7-10/h3-7,9,11H,8H2,1-2H3. The van der Waals surface area contributed by atoms with E-state index in [9.17, 15) is 8.42 Å². The Hall–Kier alpha value is -0.870. The molecule has 1 atom stereocenters. The Labute approximate surface area is 85.2 Å². The minimum absolute atomic E-state index is 0.0219. The minimum atomic E-state index is -3.12. The monoisotopic (exact) mass is 213 g/mol. The Balaban J connectivity index is 2.74. The van der Waals surface area contributed by atoms with Crippen molar-refractivity contribution < 1.29 is 8.42 Å². The first-order valence-electron chi connectivity index (χ1n) is 4.51. The van der Waals surface area contributed by atoms with E-state index in [1.165, 1.54) is 7.05 Å². The third-order valence-corrected chi connectivity index (χ3v) is 3.71. The lowest BCUT2D eigenvalue weighted by molar-refractivity contribution is 0.582. The molecule has 0 aliphatic heterocycles. The van der Waals surface area contributed by atoms with Gasteiger partial charge < -0.3 is 0 Å². The lowest BCUT2D eigenvalue weighted by atomic mass is 10.0. The first-order chi connectivity index (χ1) is 6.55. The molecule has 1 rings (SSSR count). The van der Waals surface area contributed by atoms with Crippen LogP contribution >= 0.6 is 0 Å². The van der Waals surface area contributed by atoms with Crippen molar-refractivity contribution in [2.45, 2.75) is 12.8 Å². The molecule has 0 radical (unpaired) electrons. The Morgan fingerprint density at radius 1 is 1.29 bits per heavy atom. The van der Waals surface area contributed by atoms with Gasteiger partial charge in [0.05, 0.1) is 5.75 Å². The molecule has 0 fully saturated rings. The first kappa shape index (κ1) is 11.2. The van der Waals surface area contributed by atoms with Crippen LogP contribution in [0.5, 0.6) is 0 Å². The largest absolute Gasteiger partial charge is 0.218 e. The average Bonchev–Trinajstić information content (AvgIpc) is 2.19. The summed E-state index contributed by atoms with van der Waals surface area (Å²) in [6.45, 7) is 1.91. The van der Waals surface area contributed by atoms with Gasteiger partial charge in [-0.1, -0.05) is 37.3 Å². The first-order valence-corrected chi connectivity index (χ1v) is 6.16. The van der Waals surface area contributed by atoms with E-state index in [-0.39, 0.29) is 11.7 Å². The maximum atomic E-state index is 11.3. The van der Waals surface area contributed by atoms with Gasteiger partial charge in [0.15, 0.2) is 0 Å². The van der Waals surface area contributed by atoms with Gasteiger partial charge in [0, 0.05) is 0 Å². The normalized spacial score (nSPS) is 13.9. The van der Waals surface area contributed by atoms with Crippen molar-refractivity contribution in [3.05, 3.63) is 35.9 Å². The van der Waals surface area contributed by atoms with E-state index < -0.39 is 10.0 Å². The SMILES string of the molecule is CNS(=O)(=O)CC(C)c1ccccc1. The average molecular weight is 213 g/mol. The van der Waals surface area contributed by atoms with Gasteiger partial charge in [-0.3, -0.25) is 0 Å². The molecular weight excluding hydrogens is 198 g/mol. The number of rotatable bonds is 4. The van der Waals surface area contributed by atoms with E-state index in [0.717, 1.165) is 5.56 Å². The lowest BCUT2D eigenvalue weighted by Crippen LogP contribution is -2.24. The summed E-state index contributed by atoms with van der Waals surface area (Å²) >= 11 is 0. The second-order valence-electron chi connectivity index (χ2n) is 3.30. The van der Waals surface area contributed by atoms with Gasteiger partial charge in [-0.15, -0.1) is 0 Å². The van der Waals surface area contributed by atoms with Crippen LogP contribution < -0.4 is 4.72 Å². The van der Waals surface area contributed by atoms with Crippen LogP contribution in [0, 0.1) is 0 Å². The van der Waals surface area contributed by atoms with Gasteiger partial charge in [0.25, 0.3) is 0 Å². The predicted molar refractivity (Wildman–Crippen MR) is 57.7 cm³/mol.